The molecule has 0 aliphatic carbocycles. The number of hydrogen-bond acceptors (Lipinski definition) is 6. The summed E-state index contributed by atoms with van der Waals surface area (Å²) >= 11 is 0. The van der Waals surface area contributed by atoms with E-state index >= 15 is 0 Å². The van der Waals surface area contributed by atoms with Crippen molar-refractivity contribution >= 4 is 11.9 Å². The van der Waals surface area contributed by atoms with Crippen LogP contribution in [-0.2, 0) is 29.0 Å². The third-order valence-electron chi connectivity index (χ3n) is 6.53. The summed E-state index contributed by atoms with van der Waals surface area (Å²) in [4.78, 5) is 42.1. The number of esters is 1. The van der Waals surface area contributed by atoms with Crippen molar-refractivity contribution in [1.29, 1.82) is 0 Å². The highest BCUT2D eigenvalue weighted by Gasteiger charge is 2.38. The lowest BCUT2D eigenvalue weighted by molar-refractivity contribution is -0.145. The van der Waals surface area contributed by atoms with E-state index < -0.39 is 29.6 Å². The van der Waals surface area contributed by atoms with Gasteiger partial charge in [0.2, 0.25) is 0 Å². The van der Waals surface area contributed by atoms with Crippen molar-refractivity contribution in [3.05, 3.63) is 63.1 Å². The number of likely N-dealkylation sites (tertiary alicyclic amines) is 1. The number of rotatable bonds is 5. The zero-order valence-corrected chi connectivity index (χ0v) is 19.2. The van der Waals surface area contributed by atoms with Crippen molar-refractivity contribution in [2.75, 3.05) is 33.9 Å². The zero-order chi connectivity index (χ0) is 24.4. The number of aromatic nitrogens is 1. The van der Waals surface area contributed by atoms with Crippen LogP contribution in [0.15, 0.2) is 29.1 Å². The third kappa shape index (κ3) is 4.42. The molecule has 1 amide bonds. The number of nitrogens with zero attached hydrogens (tertiary/aromatic N) is 3. The van der Waals surface area contributed by atoms with Gasteiger partial charge in [0.25, 0.3) is 11.5 Å². The monoisotopic (exact) mass is 475 g/mol. The fraction of sp³-hybridized carbons (Fsp3) is 0.458. The molecule has 2 aliphatic rings. The second-order valence-corrected chi connectivity index (χ2v) is 8.44. The van der Waals surface area contributed by atoms with Gasteiger partial charge in [-0.25, -0.2) is 13.6 Å². The van der Waals surface area contributed by atoms with Crippen molar-refractivity contribution in [3.8, 4) is 5.75 Å². The molecule has 0 saturated carbocycles. The molecule has 8 nitrogen and oxygen atoms in total. The van der Waals surface area contributed by atoms with Crippen LogP contribution in [0.4, 0.5) is 8.78 Å². The van der Waals surface area contributed by atoms with E-state index in [0.717, 1.165) is 6.07 Å². The predicted molar refractivity (Wildman–Crippen MR) is 119 cm³/mol. The lowest BCUT2D eigenvalue weighted by Crippen LogP contribution is -2.42. The largest absolute Gasteiger partial charge is 0.496 e. The third-order valence-corrected chi connectivity index (χ3v) is 6.53. The summed E-state index contributed by atoms with van der Waals surface area (Å²) in [6.07, 6.45) is 1.49. The van der Waals surface area contributed by atoms with Gasteiger partial charge in [-0.1, -0.05) is 12.1 Å². The fourth-order valence-corrected chi connectivity index (χ4v) is 4.79. The molecule has 182 valence electrons. The second kappa shape index (κ2) is 9.92. The Labute approximate surface area is 195 Å². The molecule has 0 spiro atoms. The molecular formula is C24H27F2N3O5. The van der Waals surface area contributed by atoms with Gasteiger partial charge in [0.05, 0.1) is 14.2 Å². The van der Waals surface area contributed by atoms with E-state index in [1.54, 1.807) is 0 Å². The number of pyridine rings is 1. The fourth-order valence-electron chi connectivity index (χ4n) is 4.79. The van der Waals surface area contributed by atoms with Crippen LogP contribution >= 0.6 is 0 Å². The number of fused-ring (bicyclic) bond motifs is 1. The molecule has 2 aliphatic heterocycles. The summed E-state index contributed by atoms with van der Waals surface area (Å²) < 4.78 is 39.6. The quantitative estimate of drug-likeness (QED) is 0.616. The molecule has 0 bridgehead atoms. The minimum Gasteiger partial charge on any atom is -0.496 e. The Kier molecular flexibility index (Phi) is 6.97. The summed E-state index contributed by atoms with van der Waals surface area (Å²) in [5, 5.41) is 0. The predicted octanol–water partition coefficient (Wildman–Crippen LogP) is 1.97. The first kappa shape index (κ1) is 23.9. The average molecular weight is 475 g/mol. The Morgan fingerprint density at radius 3 is 2.65 bits per heavy atom. The van der Waals surface area contributed by atoms with E-state index in [9.17, 15) is 23.2 Å². The maximum Gasteiger partial charge on any atom is 0.328 e. The molecule has 2 aromatic rings. The van der Waals surface area contributed by atoms with Crippen molar-refractivity contribution < 1.29 is 27.8 Å². The number of benzene rings is 1. The molecule has 3 heterocycles. The normalized spacial score (nSPS) is 18.4. The molecule has 0 unspecified atom stereocenters. The average Bonchev–Trinajstić information content (AvgIpc) is 3.23. The van der Waals surface area contributed by atoms with Crippen LogP contribution in [0.3, 0.4) is 0 Å². The molecule has 1 aromatic heterocycles. The Morgan fingerprint density at radius 2 is 1.91 bits per heavy atom. The van der Waals surface area contributed by atoms with Gasteiger partial charge >= 0.3 is 5.97 Å². The van der Waals surface area contributed by atoms with Gasteiger partial charge in [-0.2, -0.15) is 0 Å². The Balaban J connectivity index is 1.66. The van der Waals surface area contributed by atoms with Gasteiger partial charge < -0.3 is 18.9 Å². The Morgan fingerprint density at radius 1 is 1.12 bits per heavy atom. The van der Waals surface area contributed by atoms with Crippen LogP contribution in [-0.4, -0.2) is 66.1 Å². The number of halogens is 2. The Bertz CT molecular complexity index is 1170. The summed E-state index contributed by atoms with van der Waals surface area (Å²) in [5.74, 6) is -2.51. The van der Waals surface area contributed by atoms with E-state index in [-0.39, 0.29) is 35.5 Å². The van der Waals surface area contributed by atoms with Crippen molar-refractivity contribution in [1.82, 2.24) is 14.4 Å². The summed E-state index contributed by atoms with van der Waals surface area (Å²) in [7, 11) is 2.67. The van der Waals surface area contributed by atoms with Gasteiger partial charge in [0.1, 0.15) is 17.4 Å². The highest BCUT2D eigenvalue weighted by Crippen LogP contribution is 2.29. The van der Waals surface area contributed by atoms with Crippen LogP contribution in [0.25, 0.3) is 0 Å². The number of carbonyl (C=O) groups excluding carboxylic acids is 2. The van der Waals surface area contributed by atoms with Crippen LogP contribution in [0.1, 0.15) is 34.5 Å². The second-order valence-electron chi connectivity index (χ2n) is 8.44. The van der Waals surface area contributed by atoms with Gasteiger partial charge in [0, 0.05) is 56.5 Å². The first-order valence-electron chi connectivity index (χ1n) is 11.2. The van der Waals surface area contributed by atoms with E-state index in [0.29, 0.717) is 44.6 Å². The number of carbonyl (C=O) groups is 2. The number of hydrogen-bond donors (Lipinski definition) is 0. The first-order chi connectivity index (χ1) is 16.3. The van der Waals surface area contributed by atoms with Gasteiger partial charge in [-0.3, -0.25) is 14.5 Å². The standard InChI is InChI=1S/C24H27F2N3O5/c1-33-19-13-20(30)28-12-11-27(14-15-5-3-6-16(25)22(15)26)10-8-17(28)21(19)23(31)29-9-4-7-18(29)24(32)34-2/h3,5-6,13,18H,4,7-12,14H2,1-2H3/t18-/m0/s1. The highest BCUT2D eigenvalue weighted by molar-refractivity contribution is 6.00. The smallest absolute Gasteiger partial charge is 0.328 e. The van der Waals surface area contributed by atoms with Crippen LogP contribution in [0.2, 0.25) is 0 Å². The molecule has 1 fully saturated rings. The molecule has 1 atom stereocenters. The molecular weight excluding hydrogens is 448 g/mol. The van der Waals surface area contributed by atoms with Crippen molar-refractivity contribution in [2.45, 2.75) is 38.4 Å². The lowest BCUT2D eigenvalue weighted by Gasteiger charge is -2.25. The van der Waals surface area contributed by atoms with Gasteiger partial charge in [0.15, 0.2) is 11.6 Å². The van der Waals surface area contributed by atoms with Crippen LogP contribution in [0.5, 0.6) is 5.75 Å². The molecule has 1 aromatic carbocycles. The van der Waals surface area contributed by atoms with Crippen LogP contribution in [0, 0.1) is 11.6 Å². The van der Waals surface area contributed by atoms with Gasteiger partial charge in [-0.15, -0.1) is 0 Å². The lowest BCUT2D eigenvalue weighted by atomic mass is 10.1. The summed E-state index contributed by atoms with van der Waals surface area (Å²) in [5.41, 5.74) is 0.669. The number of methoxy groups -OCH3 is 2. The number of ether oxygens (including phenoxy) is 2. The van der Waals surface area contributed by atoms with Crippen LogP contribution < -0.4 is 10.3 Å². The maximum atomic E-state index is 14.2. The van der Waals surface area contributed by atoms with Crippen molar-refractivity contribution in [3.63, 3.8) is 0 Å². The minimum atomic E-state index is -0.907. The highest BCUT2D eigenvalue weighted by atomic mass is 19.2. The Hall–Kier alpha value is -3.27. The van der Waals surface area contributed by atoms with E-state index in [4.69, 9.17) is 9.47 Å². The molecule has 0 radical (unpaired) electrons. The summed E-state index contributed by atoms with van der Waals surface area (Å²) in [6.45, 7) is 1.67. The minimum absolute atomic E-state index is 0.154. The SMILES string of the molecule is COC(=O)[C@@H]1CCCN1C(=O)c1c(OC)cc(=O)n2c1CCN(Cc1cccc(F)c1F)CC2. The molecule has 1 saturated heterocycles. The molecule has 0 N–H and O–H groups in total. The first-order valence-corrected chi connectivity index (χ1v) is 11.2. The van der Waals surface area contributed by atoms with E-state index in [2.05, 4.69) is 0 Å². The van der Waals surface area contributed by atoms with E-state index in [1.807, 2.05) is 4.90 Å². The molecule has 4 rings (SSSR count). The summed E-state index contributed by atoms with van der Waals surface area (Å²) in [6, 6.07) is 4.65. The molecule has 10 heteroatoms. The molecule has 34 heavy (non-hydrogen) atoms. The number of amides is 1. The maximum absolute atomic E-state index is 14.2. The topological polar surface area (TPSA) is 81.1 Å². The zero-order valence-electron chi connectivity index (χ0n) is 19.2. The van der Waals surface area contributed by atoms with Gasteiger partial charge in [-0.05, 0) is 18.9 Å². The van der Waals surface area contributed by atoms with E-state index in [1.165, 1.54) is 41.9 Å². The van der Waals surface area contributed by atoms with Crippen molar-refractivity contribution in [2.24, 2.45) is 0 Å².